The first-order chi connectivity index (χ1) is 9.43. The molecule has 0 unspecified atom stereocenters. The van der Waals surface area contributed by atoms with Crippen molar-refractivity contribution in [3.63, 3.8) is 0 Å². The van der Waals surface area contributed by atoms with Gasteiger partial charge in [-0.15, -0.1) is 0 Å². The molecule has 2 aromatic rings. The minimum absolute atomic E-state index is 0.150. The van der Waals surface area contributed by atoms with Crippen LogP contribution in [0.5, 0.6) is 5.75 Å². The number of hydrogen-bond acceptors (Lipinski definition) is 4. The zero-order valence-corrected chi connectivity index (χ0v) is 12.1. The minimum atomic E-state index is -0.427. The fourth-order valence-electron chi connectivity index (χ4n) is 1.94. The lowest BCUT2D eigenvalue weighted by molar-refractivity contribution is 0.386. The summed E-state index contributed by atoms with van der Waals surface area (Å²) in [7, 11) is 1.43. The first-order valence-electron chi connectivity index (χ1n) is 6.39. The Kier molecular flexibility index (Phi) is 3.83. The van der Waals surface area contributed by atoms with Crippen molar-refractivity contribution in [3.05, 3.63) is 29.7 Å². The van der Waals surface area contributed by atoms with Gasteiger partial charge in [0.05, 0.1) is 18.5 Å². The number of methoxy groups -OCH3 is 1. The molecule has 108 valence electrons. The molecule has 20 heavy (non-hydrogen) atoms. The zero-order chi connectivity index (χ0) is 14.9. The maximum absolute atomic E-state index is 13.7. The highest BCUT2D eigenvalue weighted by molar-refractivity contribution is 5.71. The van der Waals surface area contributed by atoms with Crippen LogP contribution < -0.4 is 15.8 Å². The van der Waals surface area contributed by atoms with Crippen molar-refractivity contribution in [1.29, 1.82) is 0 Å². The first-order valence-corrected chi connectivity index (χ1v) is 6.39. The van der Waals surface area contributed by atoms with Crippen LogP contribution in [0.1, 0.15) is 25.6 Å². The van der Waals surface area contributed by atoms with Gasteiger partial charge in [0.15, 0.2) is 17.4 Å². The fraction of sp³-hybridized carbons (Fsp3) is 0.357. The Bertz CT molecular complexity index is 622. The highest BCUT2D eigenvalue weighted by Crippen LogP contribution is 2.30. The molecule has 0 amide bonds. The number of rotatable bonds is 4. The van der Waals surface area contributed by atoms with Gasteiger partial charge in [-0.2, -0.15) is 5.10 Å². The van der Waals surface area contributed by atoms with Crippen LogP contribution in [-0.4, -0.2) is 16.9 Å². The molecule has 6 heteroatoms. The Balaban J connectivity index is 2.37. The van der Waals surface area contributed by atoms with Crippen molar-refractivity contribution >= 4 is 17.2 Å². The predicted octanol–water partition coefficient (Wildman–Crippen LogP) is 3.25. The van der Waals surface area contributed by atoms with Crippen LogP contribution in [0.2, 0.25) is 0 Å². The molecule has 3 N–H and O–H groups in total. The van der Waals surface area contributed by atoms with Gasteiger partial charge in [-0.25, -0.2) is 9.07 Å². The summed E-state index contributed by atoms with van der Waals surface area (Å²) in [5, 5.41) is 7.49. The summed E-state index contributed by atoms with van der Waals surface area (Å²) in [6.07, 6.45) is 0. The standard InChI is InChI=1S/C14H19FN4O/c1-8(2)19-14(13(16)9(3)18-19)17-10-5-6-12(20-4)11(15)7-10/h5-8,17H,16H2,1-4H3. The largest absolute Gasteiger partial charge is 0.494 e. The SMILES string of the molecule is COc1ccc(Nc2c(N)c(C)nn2C(C)C)cc1F. The van der Waals surface area contributed by atoms with Crippen LogP contribution in [0.15, 0.2) is 18.2 Å². The average molecular weight is 278 g/mol. The summed E-state index contributed by atoms with van der Waals surface area (Å²) in [5.74, 6) is 0.447. The number of halogens is 1. The summed E-state index contributed by atoms with van der Waals surface area (Å²) >= 11 is 0. The van der Waals surface area contributed by atoms with Gasteiger partial charge in [0, 0.05) is 17.8 Å². The van der Waals surface area contributed by atoms with Crippen LogP contribution in [0.4, 0.5) is 21.6 Å². The van der Waals surface area contributed by atoms with Gasteiger partial charge in [0.2, 0.25) is 0 Å². The molecule has 0 saturated carbocycles. The molecule has 0 aliphatic rings. The topological polar surface area (TPSA) is 65.1 Å². The first kappa shape index (κ1) is 14.2. The van der Waals surface area contributed by atoms with E-state index < -0.39 is 5.82 Å². The Hall–Kier alpha value is -2.24. The Labute approximate surface area is 117 Å². The molecular weight excluding hydrogens is 259 g/mol. The second-order valence-electron chi connectivity index (χ2n) is 4.86. The van der Waals surface area contributed by atoms with Gasteiger partial charge in [-0.3, -0.25) is 0 Å². The van der Waals surface area contributed by atoms with E-state index in [-0.39, 0.29) is 11.8 Å². The lowest BCUT2D eigenvalue weighted by atomic mass is 10.2. The monoisotopic (exact) mass is 278 g/mol. The van der Waals surface area contributed by atoms with Gasteiger partial charge in [-0.05, 0) is 32.9 Å². The van der Waals surface area contributed by atoms with E-state index in [0.29, 0.717) is 17.2 Å². The third kappa shape index (κ3) is 2.54. The van der Waals surface area contributed by atoms with Gasteiger partial charge < -0.3 is 15.8 Å². The summed E-state index contributed by atoms with van der Waals surface area (Å²) in [5.41, 5.74) is 7.92. The molecule has 0 radical (unpaired) electrons. The van der Waals surface area contributed by atoms with E-state index in [1.54, 1.807) is 16.8 Å². The van der Waals surface area contributed by atoms with Gasteiger partial charge in [0.1, 0.15) is 0 Å². The molecule has 0 spiro atoms. The van der Waals surface area contributed by atoms with Crippen molar-refractivity contribution in [1.82, 2.24) is 9.78 Å². The van der Waals surface area contributed by atoms with Crippen LogP contribution in [-0.2, 0) is 0 Å². The third-order valence-electron chi connectivity index (χ3n) is 3.04. The second kappa shape index (κ2) is 5.40. The molecule has 0 atom stereocenters. The molecule has 1 aromatic heterocycles. The van der Waals surface area contributed by atoms with Gasteiger partial charge in [-0.1, -0.05) is 0 Å². The Morgan fingerprint density at radius 3 is 2.65 bits per heavy atom. The number of aryl methyl sites for hydroxylation is 1. The molecule has 0 aliphatic heterocycles. The number of anilines is 3. The summed E-state index contributed by atoms with van der Waals surface area (Å²) < 4.78 is 20.4. The van der Waals surface area contributed by atoms with E-state index in [0.717, 1.165) is 5.69 Å². The molecule has 1 aromatic carbocycles. The molecule has 0 saturated heterocycles. The molecular formula is C14H19FN4O. The molecule has 0 aliphatic carbocycles. The van der Waals surface area contributed by atoms with Crippen LogP contribution in [0.25, 0.3) is 0 Å². The fourth-order valence-corrected chi connectivity index (χ4v) is 1.94. The number of benzene rings is 1. The van der Waals surface area contributed by atoms with E-state index in [9.17, 15) is 4.39 Å². The third-order valence-corrected chi connectivity index (χ3v) is 3.04. The Morgan fingerprint density at radius 2 is 2.10 bits per heavy atom. The van der Waals surface area contributed by atoms with Crippen molar-refractivity contribution < 1.29 is 9.13 Å². The van der Waals surface area contributed by atoms with E-state index in [4.69, 9.17) is 10.5 Å². The maximum Gasteiger partial charge on any atom is 0.167 e. The molecule has 1 heterocycles. The van der Waals surface area contributed by atoms with Crippen molar-refractivity contribution in [2.45, 2.75) is 26.8 Å². The van der Waals surface area contributed by atoms with E-state index >= 15 is 0 Å². The average Bonchev–Trinajstić information content (AvgIpc) is 2.67. The molecule has 2 rings (SSSR count). The van der Waals surface area contributed by atoms with E-state index in [1.807, 2.05) is 20.8 Å². The van der Waals surface area contributed by atoms with Crippen molar-refractivity contribution in [2.24, 2.45) is 0 Å². The Morgan fingerprint density at radius 1 is 1.40 bits per heavy atom. The lowest BCUT2D eigenvalue weighted by Crippen LogP contribution is -2.08. The summed E-state index contributed by atoms with van der Waals surface area (Å²) in [6.45, 7) is 5.85. The van der Waals surface area contributed by atoms with E-state index in [1.165, 1.54) is 13.2 Å². The number of nitrogens with zero attached hydrogens (tertiary/aromatic N) is 2. The highest BCUT2D eigenvalue weighted by Gasteiger charge is 2.15. The minimum Gasteiger partial charge on any atom is -0.494 e. The van der Waals surface area contributed by atoms with Crippen LogP contribution in [0.3, 0.4) is 0 Å². The zero-order valence-electron chi connectivity index (χ0n) is 12.1. The number of hydrogen-bond donors (Lipinski definition) is 2. The number of nitrogens with two attached hydrogens (primary N) is 1. The molecule has 5 nitrogen and oxygen atoms in total. The van der Waals surface area contributed by atoms with Crippen molar-refractivity contribution in [2.75, 3.05) is 18.2 Å². The summed E-state index contributed by atoms with van der Waals surface area (Å²) in [4.78, 5) is 0. The molecule has 0 bridgehead atoms. The number of nitrogens with one attached hydrogen (secondary N) is 1. The predicted molar refractivity (Wildman–Crippen MR) is 78.0 cm³/mol. The highest BCUT2D eigenvalue weighted by atomic mass is 19.1. The van der Waals surface area contributed by atoms with Gasteiger partial charge >= 0.3 is 0 Å². The summed E-state index contributed by atoms with van der Waals surface area (Å²) in [6, 6.07) is 4.81. The van der Waals surface area contributed by atoms with Crippen LogP contribution >= 0.6 is 0 Å². The number of nitrogen functional groups attached to an aromatic ring is 1. The van der Waals surface area contributed by atoms with Crippen molar-refractivity contribution in [3.8, 4) is 5.75 Å². The normalized spacial score (nSPS) is 10.9. The van der Waals surface area contributed by atoms with E-state index in [2.05, 4.69) is 10.4 Å². The van der Waals surface area contributed by atoms with Gasteiger partial charge in [0.25, 0.3) is 0 Å². The lowest BCUT2D eigenvalue weighted by Gasteiger charge is -2.14. The quantitative estimate of drug-likeness (QED) is 0.901. The smallest absolute Gasteiger partial charge is 0.167 e. The maximum atomic E-state index is 13.7. The molecule has 0 fully saturated rings. The van der Waals surface area contributed by atoms with Crippen LogP contribution in [0, 0.1) is 12.7 Å². The second-order valence-corrected chi connectivity index (χ2v) is 4.86. The number of ether oxygens (including phenoxy) is 1. The number of aromatic nitrogens is 2.